The summed E-state index contributed by atoms with van der Waals surface area (Å²) in [7, 11) is -4.36. The molecule has 0 aromatic rings. The Balaban J connectivity index is 4.67. The Morgan fingerprint density at radius 1 is 1.38 bits per heavy atom. The van der Waals surface area contributed by atoms with E-state index in [9.17, 15) is 13.5 Å². The summed E-state index contributed by atoms with van der Waals surface area (Å²) >= 11 is 0. The van der Waals surface area contributed by atoms with Crippen LogP contribution < -0.4 is 0 Å². The quantitative estimate of drug-likeness (QED) is 0.673. The third-order valence-electron chi connectivity index (χ3n) is 2.40. The Labute approximate surface area is 79.7 Å². The summed E-state index contributed by atoms with van der Waals surface area (Å²) in [6, 6.07) is 0. The molecule has 0 saturated carbocycles. The summed E-state index contributed by atoms with van der Waals surface area (Å²) in [6.07, 6.45) is 0.868. The van der Waals surface area contributed by atoms with Gasteiger partial charge in [-0.25, -0.2) is 0 Å². The van der Waals surface area contributed by atoms with Gasteiger partial charge in [-0.15, -0.1) is 0 Å². The van der Waals surface area contributed by atoms with Gasteiger partial charge in [-0.3, -0.25) is 4.55 Å². The molecular weight excluding hydrogens is 192 g/mol. The van der Waals surface area contributed by atoms with Crippen molar-refractivity contribution in [3.8, 4) is 0 Å². The highest BCUT2D eigenvalue weighted by Gasteiger charge is 2.39. The smallest absolute Gasteiger partial charge is 0.294 e. The Morgan fingerprint density at radius 3 is 2.08 bits per heavy atom. The van der Waals surface area contributed by atoms with E-state index in [4.69, 9.17) is 4.55 Å². The van der Waals surface area contributed by atoms with Gasteiger partial charge in [0, 0.05) is 0 Å². The Hall–Kier alpha value is -0.130. The molecule has 0 heterocycles. The zero-order valence-electron chi connectivity index (χ0n) is 8.32. The van der Waals surface area contributed by atoms with Crippen LogP contribution in [0.25, 0.3) is 0 Å². The second-order valence-corrected chi connectivity index (χ2v) is 5.20. The van der Waals surface area contributed by atoms with E-state index in [0.29, 0.717) is 0 Å². The predicted octanol–water partition coefficient (Wildman–Crippen LogP) is 1.41. The lowest BCUT2D eigenvalue weighted by Gasteiger charge is -2.25. The SMILES string of the molecule is CCC(C)CC(O)(CC)S(=O)(=O)O. The van der Waals surface area contributed by atoms with Gasteiger partial charge in [-0.05, 0) is 18.8 Å². The molecule has 0 aliphatic rings. The van der Waals surface area contributed by atoms with Crippen molar-refractivity contribution in [2.24, 2.45) is 5.92 Å². The minimum absolute atomic E-state index is 0.0101. The van der Waals surface area contributed by atoms with Crippen LogP contribution in [0.5, 0.6) is 0 Å². The molecule has 0 aliphatic carbocycles. The molecule has 2 N–H and O–H groups in total. The van der Waals surface area contributed by atoms with Crippen LogP contribution in [0.4, 0.5) is 0 Å². The molecule has 13 heavy (non-hydrogen) atoms. The monoisotopic (exact) mass is 210 g/mol. The van der Waals surface area contributed by atoms with Crippen molar-refractivity contribution in [2.45, 2.75) is 45.0 Å². The summed E-state index contributed by atoms with van der Waals surface area (Å²) in [4.78, 5) is -1.97. The van der Waals surface area contributed by atoms with Crippen LogP contribution in [0.3, 0.4) is 0 Å². The van der Waals surface area contributed by atoms with E-state index in [-0.39, 0.29) is 18.8 Å². The van der Waals surface area contributed by atoms with Crippen molar-refractivity contribution < 1.29 is 18.1 Å². The second kappa shape index (κ2) is 4.39. The standard InChI is InChI=1S/C8H18O4S/c1-4-7(3)6-8(9,5-2)13(10,11)12/h7,9H,4-6H2,1-3H3,(H,10,11,12). The first-order chi connectivity index (χ1) is 5.77. The normalized spacial score (nSPS) is 19.5. The zero-order chi connectivity index (χ0) is 10.7. The molecule has 5 heteroatoms. The number of hydrogen-bond acceptors (Lipinski definition) is 3. The van der Waals surface area contributed by atoms with Gasteiger partial charge < -0.3 is 5.11 Å². The maximum atomic E-state index is 10.8. The van der Waals surface area contributed by atoms with Crippen molar-refractivity contribution in [1.82, 2.24) is 0 Å². The highest BCUT2D eigenvalue weighted by atomic mass is 32.2. The van der Waals surface area contributed by atoms with Crippen molar-refractivity contribution in [1.29, 1.82) is 0 Å². The number of hydrogen-bond donors (Lipinski definition) is 2. The number of aliphatic hydroxyl groups is 1. The molecule has 80 valence electrons. The van der Waals surface area contributed by atoms with Gasteiger partial charge in [0.1, 0.15) is 0 Å². The van der Waals surface area contributed by atoms with E-state index in [1.54, 1.807) is 0 Å². The van der Waals surface area contributed by atoms with Crippen molar-refractivity contribution in [2.75, 3.05) is 0 Å². The third-order valence-corrected chi connectivity index (χ3v) is 3.81. The van der Waals surface area contributed by atoms with E-state index in [1.807, 2.05) is 13.8 Å². The van der Waals surface area contributed by atoms with E-state index < -0.39 is 15.1 Å². The molecular formula is C8H18O4S. The van der Waals surface area contributed by atoms with Crippen molar-refractivity contribution in [3.05, 3.63) is 0 Å². The average Bonchev–Trinajstić information content (AvgIpc) is 2.02. The lowest BCUT2D eigenvalue weighted by Crippen LogP contribution is -2.39. The Kier molecular flexibility index (Phi) is 4.35. The summed E-state index contributed by atoms with van der Waals surface area (Å²) in [5.41, 5.74) is 0. The van der Waals surface area contributed by atoms with Crippen LogP contribution in [0, 0.1) is 5.92 Å². The molecule has 0 radical (unpaired) electrons. The lowest BCUT2D eigenvalue weighted by atomic mass is 9.99. The van der Waals surface area contributed by atoms with Gasteiger partial charge in [-0.2, -0.15) is 8.42 Å². The highest BCUT2D eigenvalue weighted by Crippen LogP contribution is 2.27. The second-order valence-electron chi connectivity index (χ2n) is 3.49. The van der Waals surface area contributed by atoms with Gasteiger partial charge in [0.05, 0.1) is 0 Å². The number of rotatable bonds is 5. The fourth-order valence-electron chi connectivity index (χ4n) is 1.12. The van der Waals surface area contributed by atoms with Crippen LogP contribution in [0.2, 0.25) is 0 Å². The van der Waals surface area contributed by atoms with Crippen LogP contribution in [-0.4, -0.2) is 23.0 Å². The van der Waals surface area contributed by atoms with E-state index in [0.717, 1.165) is 6.42 Å². The molecule has 0 saturated heterocycles. The molecule has 0 aromatic heterocycles. The molecule has 0 fully saturated rings. The van der Waals surface area contributed by atoms with Gasteiger partial charge in [0.15, 0.2) is 4.93 Å². The lowest BCUT2D eigenvalue weighted by molar-refractivity contribution is 0.0831. The first-order valence-corrected chi connectivity index (χ1v) is 5.90. The van der Waals surface area contributed by atoms with Crippen molar-refractivity contribution in [3.63, 3.8) is 0 Å². The first-order valence-electron chi connectivity index (χ1n) is 4.46. The minimum Gasteiger partial charge on any atom is -0.372 e. The van der Waals surface area contributed by atoms with Crippen LogP contribution in [0.15, 0.2) is 0 Å². The van der Waals surface area contributed by atoms with Gasteiger partial charge in [-0.1, -0.05) is 27.2 Å². The molecule has 0 aliphatic heterocycles. The maximum absolute atomic E-state index is 10.8. The van der Waals surface area contributed by atoms with E-state index in [1.165, 1.54) is 6.92 Å². The van der Waals surface area contributed by atoms with E-state index >= 15 is 0 Å². The summed E-state index contributed by atoms with van der Waals surface area (Å²) in [5, 5.41) is 9.62. The topological polar surface area (TPSA) is 74.6 Å². The Bertz CT molecular complexity index is 247. The maximum Gasteiger partial charge on any atom is 0.294 e. The minimum atomic E-state index is -4.36. The van der Waals surface area contributed by atoms with E-state index in [2.05, 4.69) is 0 Å². The fraction of sp³-hybridized carbons (Fsp3) is 1.00. The first kappa shape index (κ1) is 12.9. The van der Waals surface area contributed by atoms with Gasteiger partial charge >= 0.3 is 0 Å². The summed E-state index contributed by atoms with van der Waals surface area (Å²) in [6.45, 7) is 5.28. The van der Waals surface area contributed by atoms with Crippen LogP contribution in [-0.2, 0) is 10.1 Å². The highest BCUT2D eigenvalue weighted by molar-refractivity contribution is 7.87. The predicted molar refractivity (Wildman–Crippen MR) is 50.9 cm³/mol. The van der Waals surface area contributed by atoms with Crippen LogP contribution >= 0.6 is 0 Å². The molecule has 0 amide bonds. The Morgan fingerprint density at radius 2 is 1.85 bits per heavy atom. The molecule has 0 bridgehead atoms. The molecule has 2 unspecified atom stereocenters. The summed E-state index contributed by atoms with van der Waals surface area (Å²) in [5.74, 6) is 0.0758. The van der Waals surface area contributed by atoms with Crippen LogP contribution in [0.1, 0.15) is 40.0 Å². The molecule has 0 spiro atoms. The largest absolute Gasteiger partial charge is 0.372 e. The molecule has 2 atom stereocenters. The third kappa shape index (κ3) is 3.25. The van der Waals surface area contributed by atoms with Gasteiger partial charge in [0.25, 0.3) is 10.1 Å². The molecule has 4 nitrogen and oxygen atoms in total. The molecule has 0 rings (SSSR count). The fourth-order valence-corrected chi connectivity index (χ4v) is 1.98. The zero-order valence-corrected chi connectivity index (χ0v) is 9.13. The average molecular weight is 210 g/mol. The summed E-state index contributed by atoms with van der Waals surface area (Å²) < 4.78 is 30.5. The molecule has 0 aromatic carbocycles. The van der Waals surface area contributed by atoms with Gasteiger partial charge in [0.2, 0.25) is 0 Å². The van der Waals surface area contributed by atoms with Crippen molar-refractivity contribution >= 4 is 10.1 Å².